The van der Waals surface area contributed by atoms with E-state index in [2.05, 4.69) is 0 Å². The molecule has 0 spiro atoms. The van der Waals surface area contributed by atoms with Crippen molar-refractivity contribution in [1.82, 2.24) is 4.31 Å². The Morgan fingerprint density at radius 2 is 2.11 bits per heavy atom. The van der Waals surface area contributed by atoms with Gasteiger partial charge in [-0.1, -0.05) is 23.2 Å². The highest BCUT2D eigenvalue weighted by Gasteiger charge is 2.40. The minimum atomic E-state index is -3.90. The number of carboxylic acids is 1. The van der Waals surface area contributed by atoms with Crippen molar-refractivity contribution < 1.29 is 18.3 Å². The fraction of sp³-hybridized carbons (Fsp3) is 0.444. The highest BCUT2D eigenvalue weighted by atomic mass is 35.5. The second-order valence-electron chi connectivity index (χ2n) is 3.86. The van der Waals surface area contributed by atoms with Gasteiger partial charge in [-0.25, -0.2) is 8.42 Å². The molecule has 1 aromatic rings. The van der Waals surface area contributed by atoms with Crippen molar-refractivity contribution in [2.24, 2.45) is 0 Å². The monoisotopic (exact) mass is 329 g/mol. The lowest BCUT2D eigenvalue weighted by atomic mass is 10.6. The van der Waals surface area contributed by atoms with Gasteiger partial charge in [-0.2, -0.15) is 4.31 Å². The molecule has 0 saturated heterocycles. The minimum Gasteiger partial charge on any atom is -0.480 e. The molecule has 0 unspecified atom stereocenters. The molecule has 1 aliphatic rings. The van der Waals surface area contributed by atoms with E-state index in [-0.39, 0.29) is 19.6 Å². The van der Waals surface area contributed by atoms with E-state index in [4.69, 9.17) is 28.3 Å². The molecular formula is C9H9Cl2NO4S2. The van der Waals surface area contributed by atoms with Crippen LogP contribution < -0.4 is 0 Å². The highest BCUT2D eigenvalue weighted by molar-refractivity contribution is 7.89. The molecule has 9 heteroatoms. The molecule has 5 nitrogen and oxygen atoms in total. The number of hydrogen-bond donors (Lipinski definition) is 1. The van der Waals surface area contributed by atoms with Crippen molar-refractivity contribution in [3.05, 3.63) is 14.7 Å². The third-order valence-corrected chi connectivity index (χ3v) is 6.11. The van der Waals surface area contributed by atoms with Crippen LogP contribution in [0.25, 0.3) is 0 Å². The molecule has 1 heterocycles. The first-order valence-electron chi connectivity index (χ1n) is 5.01. The van der Waals surface area contributed by atoms with Gasteiger partial charge in [-0.3, -0.25) is 4.79 Å². The predicted octanol–water partition coefficient (Wildman–Crippen LogP) is 2.29. The van der Waals surface area contributed by atoms with Crippen LogP contribution in [-0.2, 0) is 14.8 Å². The molecule has 1 N–H and O–H groups in total. The zero-order valence-electron chi connectivity index (χ0n) is 8.97. The molecule has 18 heavy (non-hydrogen) atoms. The van der Waals surface area contributed by atoms with Crippen molar-refractivity contribution in [3.8, 4) is 0 Å². The summed E-state index contributed by atoms with van der Waals surface area (Å²) in [6.45, 7) is -0.559. The lowest BCUT2D eigenvalue weighted by Crippen LogP contribution is -2.37. The third-order valence-electron chi connectivity index (χ3n) is 2.46. The Morgan fingerprint density at radius 3 is 2.50 bits per heavy atom. The Morgan fingerprint density at radius 1 is 1.50 bits per heavy atom. The van der Waals surface area contributed by atoms with Crippen LogP contribution >= 0.6 is 34.5 Å². The molecular weight excluding hydrogens is 321 g/mol. The summed E-state index contributed by atoms with van der Waals surface area (Å²) in [4.78, 5) is 10.6. The Bertz CT molecular complexity index is 579. The number of carbonyl (C=O) groups is 1. The summed E-state index contributed by atoms with van der Waals surface area (Å²) in [6, 6.07) is 1.00. The van der Waals surface area contributed by atoms with Crippen LogP contribution in [0.15, 0.2) is 11.0 Å². The molecule has 0 atom stereocenters. The Hall–Kier alpha value is -0.340. The molecule has 1 aromatic heterocycles. The SMILES string of the molecule is O=C(O)CN(C1CC1)S(=O)(=O)c1cc(Cl)sc1Cl. The number of carboxylic acid groups (broad SMARTS) is 1. The largest absolute Gasteiger partial charge is 0.480 e. The van der Waals surface area contributed by atoms with Gasteiger partial charge < -0.3 is 5.11 Å². The maximum atomic E-state index is 12.3. The van der Waals surface area contributed by atoms with E-state index in [9.17, 15) is 13.2 Å². The molecule has 1 aliphatic carbocycles. The van der Waals surface area contributed by atoms with Gasteiger partial charge >= 0.3 is 5.97 Å². The van der Waals surface area contributed by atoms with Gasteiger partial charge in [0.2, 0.25) is 10.0 Å². The fourth-order valence-corrected chi connectivity index (χ4v) is 5.28. The van der Waals surface area contributed by atoms with E-state index in [0.717, 1.165) is 15.6 Å². The van der Waals surface area contributed by atoms with Crippen LogP contribution in [0, 0.1) is 0 Å². The molecule has 1 fully saturated rings. The average molecular weight is 330 g/mol. The summed E-state index contributed by atoms with van der Waals surface area (Å²) < 4.78 is 25.9. The molecule has 0 aromatic carbocycles. The van der Waals surface area contributed by atoms with E-state index in [1.807, 2.05) is 0 Å². The summed E-state index contributed by atoms with van der Waals surface area (Å²) >= 11 is 12.5. The number of rotatable bonds is 5. The summed E-state index contributed by atoms with van der Waals surface area (Å²) in [5.74, 6) is -1.19. The molecule has 0 amide bonds. The fourth-order valence-electron chi connectivity index (χ4n) is 1.53. The third kappa shape index (κ3) is 2.80. The molecule has 0 radical (unpaired) electrons. The Kier molecular flexibility index (Phi) is 3.89. The van der Waals surface area contributed by atoms with Crippen molar-refractivity contribution in [1.29, 1.82) is 0 Å². The van der Waals surface area contributed by atoms with Gasteiger partial charge in [0, 0.05) is 6.04 Å². The van der Waals surface area contributed by atoms with E-state index in [0.29, 0.717) is 12.8 Å². The number of nitrogens with zero attached hydrogens (tertiary/aromatic N) is 1. The van der Waals surface area contributed by atoms with Crippen LogP contribution in [-0.4, -0.2) is 36.4 Å². The summed E-state index contributed by atoms with van der Waals surface area (Å²) in [5.41, 5.74) is 0. The maximum absolute atomic E-state index is 12.3. The lowest BCUT2D eigenvalue weighted by molar-refractivity contribution is -0.137. The van der Waals surface area contributed by atoms with Gasteiger partial charge in [0.15, 0.2) is 0 Å². The Labute approximate surface area is 118 Å². The first kappa shape index (κ1) is 14.1. The minimum absolute atomic E-state index is 0.0519. The van der Waals surface area contributed by atoms with Crippen molar-refractivity contribution in [2.45, 2.75) is 23.8 Å². The second kappa shape index (κ2) is 4.97. The van der Waals surface area contributed by atoms with Crippen LogP contribution in [0.3, 0.4) is 0 Å². The first-order valence-corrected chi connectivity index (χ1v) is 8.02. The standard InChI is InChI=1S/C9H9Cl2NO4S2/c10-7-3-6(9(11)17-7)18(15,16)12(4-8(13)14)5-1-2-5/h3,5H,1-2,4H2,(H,13,14). The van der Waals surface area contributed by atoms with Crippen LogP contribution in [0.4, 0.5) is 0 Å². The van der Waals surface area contributed by atoms with Crippen molar-refractivity contribution >= 4 is 50.5 Å². The van der Waals surface area contributed by atoms with Gasteiger partial charge in [0.05, 0.1) is 4.34 Å². The molecule has 0 aliphatic heterocycles. The van der Waals surface area contributed by atoms with Gasteiger partial charge in [0.25, 0.3) is 0 Å². The second-order valence-corrected chi connectivity index (χ2v) is 8.01. The highest BCUT2D eigenvalue weighted by Crippen LogP contribution is 2.39. The number of thiophene rings is 1. The van der Waals surface area contributed by atoms with Crippen molar-refractivity contribution in [2.75, 3.05) is 6.54 Å². The van der Waals surface area contributed by atoms with E-state index in [1.54, 1.807) is 0 Å². The van der Waals surface area contributed by atoms with E-state index in [1.165, 1.54) is 6.07 Å². The van der Waals surface area contributed by atoms with Crippen LogP contribution in [0.2, 0.25) is 8.67 Å². The zero-order chi connectivity index (χ0) is 13.5. The molecule has 0 bridgehead atoms. The molecule has 2 rings (SSSR count). The summed E-state index contributed by atoms with van der Waals surface area (Å²) in [6.07, 6.45) is 1.34. The van der Waals surface area contributed by atoms with Gasteiger partial charge in [0.1, 0.15) is 15.8 Å². The number of aliphatic carboxylic acids is 1. The molecule has 100 valence electrons. The first-order chi connectivity index (χ1) is 8.32. The quantitative estimate of drug-likeness (QED) is 0.899. The average Bonchev–Trinajstić information content (AvgIpc) is 3.00. The number of sulfonamides is 1. The summed E-state index contributed by atoms with van der Waals surface area (Å²) in [7, 11) is -3.90. The zero-order valence-corrected chi connectivity index (χ0v) is 12.1. The normalized spacial score (nSPS) is 16.2. The van der Waals surface area contributed by atoms with Crippen LogP contribution in [0.1, 0.15) is 12.8 Å². The van der Waals surface area contributed by atoms with Gasteiger partial charge in [-0.05, 0) is 18.9 Å². The number of hydrogen-bond acceptors (Lipinski definition) is 4. The number of halogens is 2. The smallest absolute Gasteiger partial charge is 0.318 e. The van der Waals surface area contributed by atoms with Crippen molar-refractivity contribution in [3.63, 3.8) is 0 Å². The Balaban J connectivity index is 2.39. The molecule has 1 saturated carbocycles. The summed E-state index contributed by atoms with van der Waals surface area (Å²) in [5, 5.41) is 8.78. The van der Waals surface area contributed by atoms with Gasteiger partial charge in [-0.15, -0.1) is 11.3 Å². The predicted molar refractivity (Wildman–Crippen MR) is 68.9 cm³/mol. The van der Waals surface area contributed by atoms with E-state index >= 15 is 0 Å². The van der Waals surface area contributed by atoms with E-state index < -0.39 is 22.5 Å². The lowest BCUT2D eigenvalue weighted by Gasteiger charge is -2.19. The maximum Gasteiger partial charge on any atom is 0.318 e. The topological polar surface area (TPSA) is 74.7 Å². The van der Waals surface area contributed by atoms with Crippen LogP contribution in [0.5, 0.6) is 0 Å².